The van der Waals surface area contributed by atoms with Crippen LogP contribution in [0, 0.1) is 0 Å². The van der Waals surface area contributed by atoms with Gasteiger partial charge >= 0.3 is 0 Å². The first kappa shape index (κ1) is 14.8. The summed E-state index contributed by atoms with van der Waals surface area (Å²) in [5, 5.41) is 3.11. The van der Waals surface area contributed by atoms with Crippen molar-refractivity contribution in [3.05, 3.63) is 55.1 Å². The second kappa shape index (κ2) is 6.22. The van der Waals surface area contributed by atoms with Gasteiger partial charge in [-0.25, -0.2) is 4.98 Å². The number of aromatic nitrogens is 1. The molecule has 1 aromatic heterocycles. The number of anilines is 1. The standard InChI is InChI=1S/C12H6Br2Cl2N2O/c13-7-2-1-3-8(14)11(7)18-12(19)6-4-9(15)17-10(16)5-6/h1-5H,(H,18,19). The highest BCUT2D eigenvalue weighted by atomic mass is 79.9. The molecule has 98 valence electrons. The van der Waals surface area contributed by atoms with Crippen molar-refractivity contribution in [3.8, 4) is 0 Å². The van der Waals surface area contributed by atoms with Gasteiger partial charge in [0.1, 0.15) is 10.3 Å². The molecule has 2 rings (SSSR count). The number of benzene rings is 1. The molecule has 1 heterocycles. The van der Waals surface area contributed by atoms with Crippen molar-refractivity contribution in [1.82, 2.24) is 4.98 Å². The van der Waals surface area contributed by atoms with Crippen LogP contribution in [0.2, 0.25) is 10.3 Å². The summed E-state index contributed by atoms with van der Waals surface area (Å²) < 4.78 is 1.53. The zero-order valence-corrected chi connectivity index (χ0v) is 13.9. The number of amides is 1. The molecule has 0 radical (unpaired) electrons. The highest BCUT2D eigenvalue weighted by molar-refractivity contribution is 9.11. The number of carbonyl (C=O) groups is 1. The van der Waals surface area contributed by atoms with Gasteiger partial charge in [-0.3, -0.25) is 4.79 Å². The number of halogens is 4. The Bertz CT molecular complexity index is 609. The lowest BCUT2D eigenvalue weighted by atomic mass is 10.2. The van der Waals surface area contributed by atoms with Gasteiger partial charge < -0.3 is 5.32 Å². The van der Waals surface area contributed by atoms with E-state index < -0.39 is 0 Å². The van der Waals surface area contributed by atoms with E-state index in [0.717, 1.165) is 8.95 Å². The van der Waals surface area contributed by atoms with Gasteiger partial charge in [-0.1, -0.05) is 29.3 Å². The average Bonchev–Trinajstić information content (AvgIpc) is 2.32. The molecular weight excluding hydrogens is 419 g/mol. The molecule has 3 nitrogen and oxygen atoms in total. The van der Waals surface area contributed by atoms with E-state index in [1.165, 1.54) is 12.1 Å². The third kappa shape index (κ3) is 3.69. The predicted octanol–water partition coefficient (Wildman–Crippen LogP) is 5.17. The number of hydrogen-bond acceptors (Lipinski definition) is 2. The van der Waals surface area contributed by atoms with Crippen molar-refractivity contribution in [3.63, 3.8) is 0 Å². The highest BCUT2D eigenvalue weighted by Crippen LogP contribution is 2.31. The van der Waals surface area contributed by atoms with Gasteiger partial charge in [-0.2, -0.15) is 0 Å². The second-order valence-corrected chi connectivity index (χ2v) is 6.04. The third-order valence-electron chi connectivity index (χ3n) is 2.23. The monoisotopic (exact) mass is 422 g/mol. The summed E-state index contributed by atoms with van der Waals surface area (Å²) in [5.74, 6) is -0.321. The molecular formula is C12H6Br2Cl2N2O. The largest absolute Gasteiger partial charge is 0.320 e. The molecule has 7 heteroatoms. The molecule has 0 aliphatic carbocycles. The summed E-state index contributed by atoms with van der Waals surface area (Å²) in [4.78, 5) is 15.9. The number of carbonyl (C=O) groups excluding carboxylic acids is 1. The first-order valence-corrected chi connectivity index (χ1v) is 7.40. The molecule has 1 amide bonds. The van der Waals surface area contributed by atoms with Gasteiger partial charge in [0, 0.05) is 14.5 Å². The predicted molar refractivity (Wildman–Crippen MR) is 84.1 cm³/mol. The molecule has 0 aliphatic heterocycles. The fraction of sp³-hybridized carbons (Fsp3) is 0. The molecule has 0 saturated heterocycles. The van der Waals surface area contributed by atoms with Crippen molar-refractivity contribution in [2.75, 3.05) is 5.32 Å². The van der Waals surface area contributed by atoms with E-state index in [0.29, 0.717) is 11.3 Å². The Balaban J connectivity index is 2.31. The topological polar surface area (TPSA) is 42.0 Å². The summed E-state index contributed by atoms with van der Waals surface area (Å²) in [6.07, 6.45) is 0. The lowest BCUT2D eigenvalue weighted by Crippen LogP contribution is -2.13. The van der Waals surface area contributed by atoms with E-state index in [9.17, 15) is 4.79 Å². The maximum atomic E-state index is 12.1. The smallest absolute Gasteiger partial charge is 0.255 e. The minimum absolute atomic E-state index is 0.170. The van der Waals surface area contributed by atoms with Crippen LogP contribution in [-0.4, -0.2) is 10.9 Å². The fourth-order valence-corrected chi connectivity index (χ4v) is 3.06. The Labute approximate surface area is 136 Å². The number of para-hydroxylation sites is 1. The van der Waals surface area contributed by atoms with E-state index >= 15 is 0 Å². The molecule has 0 saturated carbocycles. The normalized spacial score (nSPS) is 10.3. The van der Waals surface area contributed by atoms with Crippen LogP contribution in [0.3, 0.4) is 0 Å². The van der Waals surface area contributed by atoms with E-state index in [1.54, 1.807) is 0 Å². The summed E-state index contributed by atoms with van der Waals surface area (Å²) in [7, 11) is 0. The summed E-state index contributed by atoms with van der Waals surface area (Å²) >= 11 is 18.3. The van der Waals surface area contributed by atoms with Gasteiger partial charge in [-0.15, -0.1) is 0 Å². The highest BCUT2D eigenvalue weighted by Gasteiger charge is 2.12. The number of nitrogens with one attached hydrogen (secondary N) is 1. The Hall–Kier alpha value is -0.620. The van der Waals surface area contributed by atoms with Crippen molar-refractivity contribution < 1.29 is 4.79 Å². The van der Waals surface area contributed by atoms with Crippen LogP contribution in [0.1, 0.15) is 10.4 Å². The van der Waals surface area contributed by atoms with Crippen LogP contribution >= 0.6 is 55.1 Å². The number of rotatable bonds is 2. The van der Waals surface area contributed by atoms with E-state index in [-0.39, 0.29) is 16.2 Å². The van der Waals surface area contributed by atoms with Gasteiger partial charge in [0.05, 0.1) is 5.69 Å². The maximum absolute atomic E-state index is 12.1. The van der Waals surface area contributed by atoms with Crippen LogP contribution in [-0.2, 0) is 0 Å². The molecule has 1 aromatic carbocycles. The Kier molecular flexibility index (Phi) is 4.84. The maximum Gasteiger partial charge on any atom is 0.255 e. The quantitative estimate of drug-likeness (QED) is 0.676. The van der Waals surface area contributed by atoms with Gasteiger partial charge in [-0.05, 0) is 56.1 Å². The zero-order valence-electron chi connectivity index (χ0n) is 9.25. The van der Waals surface area contributed by atoms with E-state index in [4.69, 9.17) is 23.2 Å². The van der Waals surface area contributed by atoms with Crippen LogP contribution < -0.4 is 5.32 Å². The molecule has 0 spiro atoms. The van der Waals surface area contributed by atoms with Crippen LogP contribution in [0.5, 0.6) is 0 Å². The Morgan fingerprint density at radius 1 is 1.11 bits per heavy atom. The first-order chi connectivity index (χ1) is 8.97. The summed E-state index contributed by atoms with van der Waals surface area (Å²) in [5.41, 5.74) is 0.976. The summed E-state index contributed by atoms with van der Waals surface area (Å²) in [6, 6.07) is 8.41. The van der Waals surface area contributed by atoms with Gasteiger partial charge in [0.2, 0.25) is 0 Å². The first-order valence-electron chi connectivity index (χ1n) is 5.06. The second-order valence-electron chi connectivity index (χ2n) is 3.55. The fourth-order valence-electron chi connectivity index (χ4n) is 1.40. The SMILES string of the molecule is O=C(Nc1c(Br)cccc1Br)c1cc(Cl)nc(Cl)c1. The molecule has 2 aromatic rings. The third-order valence-corrected chi connectivity index (χ3v) is 3.94. The van der Waals surface area contributed by atoms with Gasteiger partial charge in [0.25, 0.3) is 5.91 Å². The van der Waals surface area contributed by atoms with Crippen molar-refractivity contribution >= 4 is 66.7 Å². The number of nitrogens with zero attached hydrogens (tertiary/aromatic N) is 1. The lowest BCUT2D eigenvalue weighted by molar-refractivity contribution is 0.102. The lowest BCUT2D eigenvalue weighted by Gasteiger charge is -2.09. The van der Waals surface area contributed by atoms with E-state index in [2.05, 4.69) is 42.2 Å². The van der Waals surface area contributed by atoms with Crippen LogP contribution in [0.4, 0.5) is 5.69 Å². The molecule has 19 heavy (non-hydrogen) atoms. The summed E-state index contributed by atoms with van der Waals surface area (Å²) in [6.45, 7) is 0. The van der Waals surface area contributed by atoms with Crippen molar-refractivity contribution in [1.29, 1.82) is 0 Å². The average molecular weight is 425 g/mol. The molecule has 0 aliphatic rings. The van der Waals surface area contributed by atoms with Gasteiger partial charge in [0.15, 0.2) is 0 Å². The zero-order chi connectivity index (χ0) is 14.0. The number of hydrogen-bond donors (Lipinski definition) is 1. The molecule has 0 unspecified atom stereocenters. The molecule has 1 N–H and O–H groups in total. The molecule has 0 bridgehead atoms. The van der Waals surface area contributed by atoms with Crippen LogP contribution in [0.25, 0.3) is 0 Å². The number of pyridine rings is 1. The van der Waals surface area contributed by atoms with Crippen LogP contribution in [0.15, 0.2) is 39.3 Å². The van der Waals surface area contributed by atoms with Crippen molar-refractivity contribution in [2.24, 2.45) is 0 Å². The minimum atomic E-state index is -0.321. The van der Waals surface area contributed by atoms with Crippen molar-refractivity contribution in [2.45, 2.75) is 0 Å². The Morgan fingerprint density at radius 2 is 1.63 bits per heavy atom. The Morgan fingerprint density at radius 3 is 2.16 bits per heavy atom. The van der Waals surface area contributed by atoms with E-state index in [1.807, 2.05) is 18.2 Å². The molecule has 0 atom stereocenters. The minimum Gasteiger partial charge on any atom is -0.320 e. The molecule has 0 fully saturated rings.